The Balaban J connectivity index is 1.63. The van der Waals surface area contributed by atoms with Crippen LogP contribution in [0.15, 0.2) is 0 Å². The zero-order valence-electron chi connectivity index (χ0n) is 12.0. The number of hydrogen-bond acceptors (Lipinski definition) is 2. The Morgan fingerprint density at radius 2 is 1.72 bits per heavy atom. The number of carbonyl (C=O) groups is 1. The van der Waals surface area contributed by atoms with Crippen LogP contribution in [0.4, 0.5) is 0 Å². The fourth-order valence-corrected chi connectivity index (χ4v) is 3.62. The molecular weight excluding hydrogens is 224 g/mol. The Morgan fingerprint density at radius 1 is 1.11 bits per heavy atom. The lowest BCUT2D eigenvalue weighted by Gasteiger charge is -2.32. The van der Waals surface area contributed by atoms with Crippen molar-refractivity contribution in [2.75, 3.05) is 19.6 Å². The summed E-state index contributed by atoms with van der Waals surface area (Å²) in [5.74, 6) is 2.01. The number of rotatable bonds is 4. The van der Waals surface area contributed by atoms with Crippen LogP contribution in [-0.2, 0) is 4.79 Å². The molecule has 0 radical (unpaired) electrons. The van der Waals surface area contributed by atoms with Crippen molar-refractivity contribution in [3.63, 3.8) is 0 Å². The van der Waals surface area contributed by atoms with Gasteiger partial charge in [0.2, 0.25) is 5.91 Å². The van der Waals surface area contributed by atoms with Crippen molar-refractivity contribution >= 4 is 5.91 Å². The van der Waals surface area contributed by atoms with E-state index < -0.39 is 0 Å². The van der Waals surface area contributed by atoms with E-state index in [0.717, 1.165) is 31.5 Å². The smallest absolute Gasteiger partial charge is 0.223 e. The van der Waals surface area contributed by atoms with E-state index >= 15 is 0 Å². The summed E-state index contributed by atoms with van der Waals surface area (Å²) in [6.45, 7) is 7.52. The molecular formula is C15H28N2O. The molecule has 2 aliphatic rings. The third kappa shape index (κ3) is 3.98. The van der Waals surface area contributed by atoms with Crippen LogP contribution in [0.25, 0.3) is 0 Å². The van der Waals surface area contributed by atoms with Crippen LogP contribution in [0, 0.1) is 11.8 Å². The molecule has 2 atom stereocenters. The van der Waals surface area contributed by atoms with Crippen molar-refractivity contribution in [2.24, 2.45) is 11.8 Å². The van der Waals surface area contributed by atoms with Crippen LogP contribution in [0.3, 0.4) is 0 Å². The first kappa shape index (κ1) is 13.9. The highest BCUT2D eigenvalue weighted by molar-refractivity contribution is 5.76. The average molecular weight is 252 g/mol. The molecule has 1 saturated heterocycles. The first-order valence-electron chi connectivity index (χ1n) is 7.66. The molecule has 1 amide bonds. The fraction of sp³-hybridized carbons (Fsp3) is 0.933. The van der Waals surface area contributed by atoms with Crippen molar-refractivity contribution in [1.82, 2.24) is 10.2 Å². The fourth-order valence-electron chi connectivity index (χ4n) is 3.62. The molecule has 0 aromatic heterocycles. The normalized spacial score (nSPS) is 32.8. The number of hydrogen-bond donors (Lipinski definition) is 1. The van der Waals surface area contributed by atoms with Gasteiger partial charge in [-0.1, -0.05) is 13.8 Å². The molecule has 1 saturated carbocycles. The Hall–Kier alpha value is -0.570. The van der Waals surface area contributed by atoms with Crippen LogP contribution in [-0.4, -0.2) is 36.5 Å². The average Bonchev–Trinajstić information content (AvgIpc) is 2.80. The van der Waals surface area contributed by atoms with Crippen molar-refractivity contribution in [3.8, 4) is 0 Å². The van der Waals surface area contributed by atoms with E-state index in [1.807, 2.05) is 4.90 Å². The van der Waals surface area contributed by atoms with E-state index in [2.05, 4.69) is 19.2 Å². The zero-order valence-corrected chi connectivity index (χ0v) is 12.0. The first-order chi connectivity index (χ1) is 8.65. The molecule has 18 heavy (non-hydrogen) atoms. The second kappa shape index (κ2) is 6.55. The quantitative estimate of drug-likeness (QED) is 0.833. The van der Waals surface area contributed by atoms with Gasteiger partial charge in [0.05, 0.1) is 0 Å². The molecule has 0 aromatic rings. The highest BCUT2D eigenvalue weighted by Gasteiger charge is 2.24. The number of likely N-dealkylation sites (tertiary alicyclic amines) is 1. The molecule has 2 fully saturated rings. The summed E-state index contributed by atoms with van der Waals surface area (Å²) < 4.78 is 0. The molecule has 0 spiro atoms. The summed E-state index contributed by atoms with van der Waals surface area (Å²) in [4.78, 5) is 13.9. The number of carbonyl (C=O) groups excluding carboxylic acids is 1. The van der Waals surface area contributed by atoms with Gasteiger partial charge in [0.25, 0.3) is 0 Å². The van der Waals surface area contributed by atoms with Gasteiger partial charge in [-0.15, -0.1) is 0 Å². The van der Waals surface area contributed by atoms with Gasteiger partial charge in [-0.05, 0) is 43.9 Å². The Labute approximate surface area is 111 Å². The summed E-state index contributed by atoms with van der Waals surface area (Å²) in [6.07, 6.45) is 6.99. The molecule has 104 valence electrons. The Morgan fingerprint density at radius 3 is 2.33 bits per heavy atom. The van der Waals surface area contributed by atoms with Crippen LogP contribution in [0.5, 0.6) is 0 Å². The molecule has 3 nitrogen and oxygen atoms in total. The van der Waals surface area contributed by atoms with Crippen molar-refractivity contribution in [2.45, 2.75) is 58.4 Å². The maximum atomic E-state index is 11.9. The number of amides is 1. The maximum Gasteiger partial charge on any atom is 0.223 e. The van der Waals surface area contributed by atoms with Gasteiger partial charge in [-0.2, -0.15) is 0 Å². The monoisotopic (exact) mass is 252 g/mol. The van der Waals surface area contributed by atoms with Gasteiger partial charge in [0.1, 0.15) is 0 Å². The van der Waals surface area contributed by atoms with E-state index in [9.17, 15) is 4.79 Å². The summed E-state index contributed by atoms with van der Waals surface area (Å²) in [5, 5.41) is 3.59. The highest BCUT2D eigenvalue weighted by Crippen LogP contribution is 2.28. The molecule has 0 aromatic carbocycles. The predicted molar refractivity (Wildman–Crippen MR) is 74.4 cm³/mol. The van der Waals surface area contributed by atoms with E-state index in [-0.39, 0.29) is 0 Å². The minimum Gasteiger partial charge on any atom is -0.343 e. The summed E-state index contributed by atoms with van der Waals surface area (Å²) in [5.41, 5.74) is 0. The van der Waals surface area contributed by atoms with Gasteiger partial charge in [-0.3, -0.25) is 4.79 Å². The predicted octanol–water partition coefficient (Wildman–Crippen LogP) is 2.41. The minimum atomic E-state index is 0.344. The van der Waals surface area contributed by atoms with Gasteiger partial charge in [0.15, 0.2) is 0 Å². The summed E-state index contributed by atoms with van der Waals surface area (Å²) >= 11 is 0. The van der Waals surface area contributed by atoms with Crippen LogP contribution in [0.2, 0.25) is 0 Å². The van der Waals surface area contributed by atoms with E-state index in [1.54, 1.807) is 0 Å². The third-order valence-corrected chi connectivity index (χ3v) is 4.41. The minimum absolute atomic E-state index is 0.344. The second-order valence-corrected chi connectivity index (χ2v) is 6.41. The first-order valence-corrected chi connectivity index (χ1v) is 7.66. The summed E-state index contributed by atoms with van der Waals surface area (Å²) in [6, 6.07) is 0.634. The standard InChI is InChI=1S/C15H28N2O/c1-12-9-13(2)11-14(10-12)16-6-5-15(18)17-7-3-4-8-17/h12-14,16H,3-11H2,1-2H3. The molecule has 1 N–H and O–H groups in total. The Bertz CT molecular complexity index is 264. The van der Waals surface area contributed by atoms with E-state index in [1.165, 1.54) is 32.1 Å². The van der Waals surface area contributed by atoms with E-state index in [4.69, 9.17) is 0 Å². The molecule has 1 aliphatic heterocycles. The van der Waals surface area contributed by atoms with Gasteiger partial charge in [0, 0.05) is 32.1 Å². The molecule has 2 unspecified atom stereocenters. The lowest BCUT2D eigenvalue weighted by molar-refractivity contribution is -0.130. The maximum absolute atomic E-state index is 11.9. The zero-order chi connectivity index (χ0) is 13.0. The molecule has 1 aliphatic carbocycles. The molecule has 3 heteroatoms. The molecule has 2 rings (SSSR count). The van der Waals surface area contributed by atoms with Crippen LogP contribution >= 0.6 is 0 Å². The summed E-state index contributed by atoms with van der Waals surface area (Å²) in [7, 11) is 0. The number of nitrogens with one attached hydrogen (secondary N) is 1. The largest absolute Gasteiger partial charge is 0.343 e. The molecule has 1 heterocycles. The van der Waals surface area contributed by atoms with Gasteiger partial charge < -0.3 is 10.2 Å². The lowest BCUT2D eigenvalue weighted by atomic mass is 9.80. The van der Waals surface area contributed by atoms with Crippen molar-refractivity contribution < 1.29 is 4.79 Å². The SMILES string of the molecule is CC1CC(C)CC(NCCC(=O)N2CCCC2)C1. The van der Waals surface area contributed by atoms with Gasteiger partial charge in [-0.25, -0.2) is 0 Å². The Kier molecular flexibility index (Phi) is 5.04. The van der Waals surface area contributed by atoms with Gasteiger partial charge >= 0.3 is 0 Å². The lowest BCUT2D eigenvalue weighted by Crippen LogP contribution is -2.38. The third-order valence-electron chi connectivity index (χ3n) is 4.41. The highest BCUT2D eigenvalue weighted by atomic mass is 16.2. The second-order valence-electron chi connectivity index (χ2n) is 6.41. The topological polar surface area (TPSA) is 32.3 Å². The van der Waals surface area contributed by atoms with E-state index in [0.29, 0.717) is 18.4 Å². The van der Waals surface area contributed by atoms with Crippen molar-refractivity contribution in [3.05, 3.63) is 0 Å². The van der Waals surface area contributed by atoms with Crippen LogP contribution < -0.4 is 5.32 Å². The molecule has 0 bridgehead atoms. The van der Waals surface area contributed by atoms with Crippen molar-refractivity contribution in [1.29, 1.82) is 0 Å². The van der Waals surface area contributed by atoms with Crippen LogP contribution in [0.1, 0.15) is 52.4 Å². The number of nitrogens with zero attached hydrogens (tertiary/aromatic N) is 1.